The van der Waals surface area contributed by atoms with Gasteiger partial charge in [0.1, 0.15) is 11.5 Å². The van der Waals surface area contributed by atoms with Crippen molar-refractivity contribution in [1.82, 2.24) is 5.32 Å². The van der Waals surface area contributed by atoms with Gasteiger partial charge in [0.2, 0.25) is 0 Å². The highest BCUT2D eigenvalue weighted by Gasteiger charge is 2.20. The molecule has 0 aromatic carbocycles. The molecule has 7 heteroatoms. The molecule has 0 aromatic rings. The van der Waals surface area contributed by atoms with E-state index in [0.29, 0.717) is 6.42 Å². The molecule has 0 saturated carbocycles. The summed E-state index contributed by atoms with van der Waals surface area (Å²) in [4.78, 5) is 11.2. The Morgan fingerprint density at radius 3 is 2.29 bits per heavy atom. The maximum absolute atomic E-state index is 11.4. The molecule has 0 spiro atoms. The molecule has 1 N–H and O–H groups in total. The molecule has 0 bridgehead atoms. The number of alkyl carbamates (subject to hydrolysis) is 1. The highest BCUT2D eigenvalue weighted by molar-refractivity contribution is 7.86. The summed E-state index contributed by atoms with van der Waals surface area (Å²) in [5.74, 6) is -0.591. The van der Waals surface area contributed by atoms with Gasteiger partial charge in [-0.1, -0.05) is 6.92 Å². The zero-order valence-electron chi connectivity index (χ0n) is 10.9. The van der Waals surface area contributed by atoms with E-state index in [-0.39, 0.29) is 0 Å². The van der Waals surface area contributed by atoms with Gasteiger partial charge in [0, 0.05) is 0 Å². The Kier molecular flexibility index (Phi) is 5.91. The molecule has 102 valence electrons. The lowest BCUT2D eigenvalue weighted by Crippen LogP contribution is -2.36. The van der Waals surface area contributed by atoms with Gasteiger partial charge in [-0.05, 0) is 34.1 Å². The largest absolute Gasteiger partial charge is 0.444 e. The van der Waals surface area contributed by atoms with Crippen LogP contribution in [-0.4, -0.2) is 32.1 Å². The van der Waals surface area contributed by atoms with Crippen molar-refractivity contribution in [3.63, 3.8) is 0 Å². The predicted octanol–water partition coefficient (Wildman–Crippen LogP) is 1.61. The van der Waals surface area contributed by atoms with Crippen molar-refractivity contribution in [1.29, 1.82) is 0 Å². The van der Waals surface area contributed by atoms with Crippen LogP contribution in [0.2, 0.25) is 0 Å². The van der Waals surface area contributed by atoms with E-state index in [1.807, 2.05) is 6.92 Å². The number of carbonyl (C=O) groups excluding carboxylic acids is 1. The van der Waals surface area contributed by atoms with Crippen LogP contribution in [0.25, 0.3) is 0 Å². The van der Waals surface area contributed by atoms with E-state index >= 15 is 0 Å². The number of nitrogens with one attached hydrogen (secondary N) is 1. The third kappa shape index (κ3) is 8.93. The zero-order chi connectivity index (χ0) is 13.7. The third-order valence-electron chi connectivity index (χ3n) is 1.68. The smallest absolute Gasteiger partial charge is 0.408 e. The van der Waals surface area contributed by atoms with Crippen molar-refractivity contribution >= 4 is 16.2 Å². The van der Waals surface area contributed by atoms with Crippen molar-refractivity contribution in [3.8, 4) is 0 Å². The van der Waals surface area contributed by atoms with Crippen LogP contribution in [0.1, 0.15) is 41.0 Å². The van der Waals surface area contributed by atoms with E-state index in [9.17, 15) is 13.2 Å². The SMILES string of the molecule is CCC(C)OS(=O)(=O)CNC(=O)OC(C)(C)C. The summed E-state index contributed by atoms with van der Waals surface area (Å²) in [5.41, 5.74) is -0.661. The van der Waals surface area contributed by atoms with Gasteiger partial charge in [-0.25, -0.2) is 4.79 Å². The molecule has 0 aromatic heterocycles. The molecule has 0 aliphatic rings. The molecule has 0 radical (unpaired) electrons. The lowest BCUT2D eigenvalue weighted by molar-refractivity contribution is 0.0534. The molecule has 0 rings (SSSR count). The maximum atomic E-state index is 11.4. The van der Waals surface area contributed by atoms with Gasteiger partial charge in [0.15, 0.2) is 0 Å². The van der Waals surface area contributed by atoms with Crippen LogP contribution in [0.15, 0.2) is 0 Å². The van der Waals surface area contributed by atoms with Crippen LogP contribution in [0.4, 0.5) is 4.79 Å². The van der Waals surface area contributed by atoms with Crippen LogP contribution >= 0.6 is 0 Å². The van der Waals surface area contributed by atoms with E-state index in [1.165, 1.54) is 0 Å². The fourth-order valence-electron chi connectivity index (χ4n) is 0.814. The van der Waals surface area contributed by atoms with Gasteiger partial charge in [0.25, 0.3) is 10.1 Å². The quantitative estimate of drug-likeness (QED) is 0.765. The first-order chi connectivity index (χ1) is 7.56. The van der Waals surface area contributed by atoms with Crippen LogP contribution in [-0.2, 0) is 19.0 Å². The minimum atomic E-state index is -3.76. The maximum Gasteiger partial charge on any atom is 0.408 e. The first-order valence-corrected chi connectivity index (χ1v) is 7.01. The fraction of sp³-hybridized carbons (Fsp3) is 0.900. The average molecular weight is 267 g/mol. The van der Waals surface area contributed by atoms with Gasteiger partial charge in [0.05, 0.1) is 6.10 Å². The third-order valence-corrected chi connectivity index (χ3v) is 2.80. The molecule has 0 heterocycles. The molecule has 0 aliphatic heterocycles. The molecule has 1 amide bonds. The predicted molar refractivity (Wildman–Crippen MR) is 64.0 cm³/mol. The lowest BCUT2D eigenvalue weighted by atomic mass is 10.2. The highest BCUT2D eigenvalue weighted by Crippen LogP contribution is 2.07. The number of hydrogen-bond acceptors (Lipinski definition) is 5. The molecular weight excluding hydrogens is 246 g/mol. The molecule has 1 unspecified atom stereocenters. The normalized spacial score (nSPS) is 14.2. The van der Waals surface area contributed by atoms with Crippen molar-refractivity contribution < 1.29 is 22.1 Å². The van der Waals surface area contributed by atoms with Gasteiger partial charge < -0.3 is 10.1 Å². The summed E-state index contributed by atoms with van der Waals surface area (Å²) >= 11 is 0. The Hall–Kier alpha value is -0.820. The highest BCUT2D eigenvalue weighted by atomic mass is 32.2. The second-order valence-corrected chi connectivity index (χ2v) is 6.29. The monoisotopic (exact) mass is 267 g/mol. The fourth-order valence-corrected chi connectivity index (χ4v) is 1.81. The van der Waals surface area contributed by atoms with E-state index in [0.717, 1.165) is 0 Å². The van der Waals surface area contributed by atoms with E-state index in [4.69, 9.17) is 8.92 Å². The lowest BCUT2D eigenvalue weighted by Gasteiger charge is -2.19. The molecule has 1 atom stereocenters. The Balaban J connectivity index is 4.15. The molecule has 17 heavy (non-hydrogen) atoms. The Morgan fingerprint density at radius 2 is 1.88 bits per heavy atom. The van der Waals surface area contributed by atoms with Gasteiger partial charge in [-0.15, -0.1) is 0 Å². The number of rotatable bonds is 5. The summed E-state index contributed by atoms with van der Waals surface area (Å²) < 4.78 is 32.4. The van der Waals surface area contributed by atoms with Gasteiger partial charge in [-0.3, -0.25) is 4.18 Å². The minimum absolute atomic E-state index is 0.402. The van der Waals surface area contributed by atoms with Crippen LogP contribution < -0.4 is 5.32 Å². The average Bonchev–Trinajstić information content (AvgIpc) is 2.11. The number of ether oxygens (including phenoxy) is 1. The number of amides is 1. The van der Waals surface area contributed by atoms with Crippen molar-refractivity contribution in [2.75, 3.05) is 5.88 Å². The standard InChI is InChI=1S/C10H21NO5S/c1-6-8(2)16-17(13,14)7-11-9(12)15-10(3,4)5/h8H,6-7H2,1-5H3,(H,11,12). The van der Waals surface area contributed by atoms with Crippen LogP contribution in [0, 0.1) is 0 Å². The van der Waals surface area contributed by atoms with Gasteiger partial charge >= 0.3 is 6.09 Å². The molecule has 0 aliphatic carbocycles. The van der Waals surface area contributed by atoms with Crippen molar-refractivity contribution in [2.45, 2.75) is 52.7 Å². The molecule has 6 nitrogen and oxygen atoms in total. The molecule has 0 fully saturated rings. The van der Waals surface area contributed by atoms with Crippen LogP contribution in [0.3, 0.4) is 0 Å². The minimum Gasteiger partial charge on any atom is -0.444 e. The van der Waals surface area contributed by atoms with Gasteiger partial charge in [-0.2, -0.15) is 8.42 Å². The first kappa shape index (κ1) is 16.2. The summed E-state index contributed by atoms with van der Waals surface area (Å²) in [6.45, 7) is 8.52. The van der Waals surface area contributed by atoms with E-state index in [1.54, 1.807) is 27.7 Å². The summed E-state index contributed by atoms with van der Waals surface area (Å²) in [7, 11) is -3.76. The summed E-state index contributed by atoms with van der Waals surface area (Å²) in [5, 5.41) is 2.13. The van der Waals surface area contributed by atoms with Crippen LogP contribution in [0.5, 0.6) is 0 Å². The summed E-state index contributed by atoms with van der Waals surface area (Å²) in [6, 6.07) is 0. The summed E-state index contributed by atoms with van der Waals surface area (Å²) in [6.07, 6.45) is -0.611. The second-order valence-electron chi connectivity index (χ2n) is 4.70. The van der Waals surface area contributed by atoms with Crippen molar-refractivity contribution in [3.05, 3.63) is 0 Å². The molecule has 0 saturated heterocycles. The Bertz CT molecular complexity index is 344. The van der Waals surface area contributed by atoms with E-state index < -0.39 is 33.8 Å². The van der Waals surface area contributed by atoms with E-state index in [2.05, 4.69) is 5.32 Å². The Labute approximate surface area is 103 Å². The second kappa shape index (κ2) is 6.20. The Morgan fingerprint density at radius 1 is 1.35 bits per heavy atom. The topological polar surface area (TPSA) is 81.7 Å². The number of carbonyl (C=O) groups is 1. The van der Waals surface area contributed by atoms with Crippen molar-refractivity contribution in [2.24, 2.45) is 0 Å². The zero-order valence-corrected chi connectivity index (χ0v) is 11.8. The first-order valence-electron chi connectivity index (χ1n) is 5.43. The molecular formula is C10H21NO5S. The number of hydrogen-bond donors (Lipinski definition) is 1.